The second-order valence-electron chi connectivity index (χ2n) is 5.71. The highest BCUT2D eigenvalue weighted by Crippen LogP contribution is 2.21. The number of likely N-dealkylation sites (tertiary alicyclic amines) is 1. The van der Waals surface area contributed by atoms with Crippen LogP contribution < -0.4 is 10.1 Å². The molecule has 2 rings (SSSR count). The van der Waals surface area contributed by atoms with Gasteiger partial charge in [0.1, 0.15) is 5.75 Å². The molecule has 1 aliphatic heterocycles. The molecule has 5 heteroatoms. The molecule has 1 aromatic rings. The van der Waals surface area contributed by atoms with E-state index < -0.39 is 6.61 Å². The summed E-state index contributed by atoms with van der Waals surface area (Å²) in [6, 6.07) is 7.58. The van der Waals surface area contributed by atoms with Gasteiger partial charge in [0.25, 0.3) is 0 Å². The van der Waals surface area contributed by atoms with Gasteiger partial charge in [-0.05, 0) is 51.1 Å². The average molecular weight is 298 g/mol. The Labute approximate surface area is 125 Å². The number of likely N-dealkylation sites (N-methyl/N-ethyl adjacent to an activating group) is 1. The minimum absolute atomic E-state index is 0.113. The molecule has 0 radical (unpaired) electrons. The molecular weight excluding hydrogens is 274 g/mol. The summed E-state index contributed by atoms with van der Waals surface area (Å²) >= 11 is 0. The fourth-order valence-electron chi connectivity index (χ4n) is 2.79. The quantitative estimate of drug-likeness (QED) is 0.871. The number of nitrogens with one attached hydrogen (secondary N) is 1. The standard InChI is InChI=1S/C16H24F2N2O/c1-12(19-11-14-7-3-4-9-20(14)2)13-6-5-8-15(10-13)21-16(17)18/h5-6,8,10,12,14,16,19H,3-4,7,9,11H2,1-2H3. The first-order chi connectivity index (χ1) is 10.1. The van der Waals surface area contributed by atoms with E-state index in [0.717, 1.165) is 18.7 Å². The number of hydrogen-bond donors (Lipinski definition) is 1. The summed E-state index contributed by atoms with van der Waals surface area (Å²) in [5, 5.41) is 3.49. The van der Waals surface area contributed by atoms with Gasteiger partial charge in [0, 0.05) is 18.6 Å². The average Bonchev–Trinajstić information content (AvgIpc) is 2.45. The van der Waals surface area contributed by atoms with Gasteiger partial charge in [-0.2, -0.15) is 8.78 Å². The van der Waals surface area contributed by atoms with E-state index >= 15 is 0 Å². The molecule has 0 amide bonds. The van der Waals surface area contributed by atoms with Crippen molar-refractivity contribution in [3.8, 4) is 5.75 Å². The highest BCUT2D eigenvalue weighted by atomic mass is 19.3. The van der Waals surface area contributed by atoms with Gasteiger partial charge >= 0.3 is 6.61 Å². The number of nitrogens with zero attached hydrogens (tertiary/aromatic N) is 1. The van der Waals surface area contributed by atoms with Crippen LogP contribution in [0.4, 0.5) is 8.78 Å². The highest BCUT2D eigenvalue weighted by molar-refractivity contribution is 5.30. The van der Waals surface area contributed by atoms with E-state index in [1.807, 2.05) is 13.0 Å². The van der Waals surface area contributed by atoms with Crippen molar-refractivity contribution in [3.63, 3.8) is 0 Å². The molecule has 118 valence electrons. The highest BCUT2D eigenvalue weighted by Gasteiger charge is 2.19. The van der Waals surface area contributed by atoms with E-state index in [1.54, 1.807) is 18.2 Å². The van der Waals surface area contributed by atoms with E-state index in [1.165, 1.54) is 19.3 Å². The zero-order chi connectivity index (χ0) is 15.2. The van der Waals surface area contributed by atoms with Crippen LogP contribution in [0.3, 0.4) is 0 Å². The maximum Gasteiger partial charge on any atom is 0.387 e. The van der Waals surface area contributed by atoms with Gasteiger partial charge in [0.05, 0.1) is 0 Å². The lowest BCUT2D eigenvalue weighted by Crippen LogP contribution is -2.43. The van der Waals surface area contributed by atoms with Crippen LogP contribution in [-0.2, 0) is 0 Å². The van der Waals surface area contributed by atoms with E-state index in [2.05, 4.69) is 22.0 Å². The van der Waals surface area contributed by atoms with Crippen molar-refractivity contribution in [2.45, 2.75) is 44.9 Å². The summed E-state index contributed by atoms with van der Waals surface area (Å²) in [5.74, 6) is 0.214. The summed E-state index contributed by atoms with van der Waals surface area (Å²) in [6.45, 7) is 1.33. The normalized spacial score (nSPS) is 21.5. The number of rotatable bonds is 6. The van der Waals surface area contributed by atoms with Gasteiger partial charge in [-0.1, -0.05) is 18.6 Å². The fraction of sp³-hybridized carbons (Fsp3) is 0.625. The largest absolute Gasteiger partial charge is 0.435 e. The molecule has 0 bridgehead atoms. The predicted molar refractivity (Wildman–Crippen MR) is 79.8 cm³/mol. The van der Waals surface area contributed by atoms with Crippen LogP contribution in [0.25, 0.3) is 0 Å². The first-order valence-electron chi connectivity index (χ1n) is 7.54. The Hall–Kier alpha value is -1.20. The van der Waals surface area contributed by atoms with E-state index in [-0.39, 0.29) is 11.8 Å². The van der Waals surface area contributed by atoms with Crippen molar-refractivity contribution in [1.29, 1.82) is 0 Å². The lowest BCUT2D eigenvalue weighted by atomic mass is 10.0. The lowest BCUT2D eigenvalue weighted by molar-refractivity contribution is -0.0499. The van der Waals surface area contributed by atoms with E-state index in [4.69, 9.17) is 0 Å². The number of halogens is 2. The molecule has 0 aliphatic carbocycles. The fourth-order valence-corrected chi connectivity index (χ4v) is 2.79. The molecule has 2 unspecified atom stereocenters. The molecule has 3 nitrogen and oxygen atoms in total. The van der Waals surface area contributed by atoms with Crippen LogP contribution in [-0.4, -0.2) is 37.7 Å². The molecule has 2 atom stereocenters. The van der Waals surface area contributed by atoms with Crippen molar-refractivity contribution in [2.24, 2.45) is 0 Å². The number of benzene rings is 1. The molecule has 1 saturated heterocycles. The Morgan fingerprint density at radius 1 is 1.38 bits per heavy atom. The van der Waals surface area contributed by atoms with E-state index in [9.17, 15) is 8.78 Å². The molecule has 0 aromatic heterocycles. The number of hydrogen-bond acceptors (Lipinski definition) is 3. The Bertz CT molecular complexity index is 442. The first kappa shape index (κ1) is 16.2. The second kappa shape index (κ2) is 7.71. The van der Waals surface area contributed by atoms with Crippen molar-refractivity contribution in [3.05, 3.63) is 29.8 Å². The first-order valence-corrected chi connectivity index (χ1v) is 7.54. The number of ether oxygens (including phenoxy) is 1. The van der Waals surface area contributed by atoms with Gasteiger partial charge in [-0.25, -0.2) is 0 Å². The Morgan fingerprint density at radius 3 is 2.90 bits per heavy atom. The Kier molecular flexibility index (Phi) is 5.94. The van der Waals surface area contributed by atoms with Crippen LogP contribution >= 0.6 is 0 Å². The number of piperidine rings is 1. The van der Waals surface area contributed by atoms with Gasteiger partial charge in [0.2, 0.25) is 0 Å². The monoisotopic (exact) mass is 298 g/mol. The van der Waals surface area contributed by atoms with Gasteiger partial charge in [0.15, 0.2) is 0 Å². The summed E-state index contributed by atoms with van der Waals surface area (Å²) in [6.07, 6.45) is 3.77. The van der Waals surface area contributed by atoms with Crippen molar-refractivity contribution >= 4 is 0 Å². The van der Waals surface area contributed by atoms with Gasteiger partial charge in [-0.15, -0.1) is 0 Å². The van der Waals surface area contributed by atoms with Crippen LogP contribution in [0.5, 0.6) is 5.75 Å². The molecule has 1 fully saturated rings. The van der Waals surface area contributed by atoms with Gasteiger partial charge < -0.3 is 15.0 Å². The predicted octanol–water partition coefficient (Wildman–Crippen LogP) is 3.42. The van der Waals surface area contributed by atoms with Gasteiger partial charge in [-0.3, -0.25) is 0 Å². The molecule has 1 aliphatic rings. The maximum absolute atomic E-state index is 12.2. The van der Waals surface area contributed by atoms with Crippen molar-refractivity contribution in [1.82, 2.24) is 10.2 Å². The zero-order valence-electron chi connectivity index (χ0n) is 12.7. The third-order valence-corrected chi connectivity index (χ3v) is 4.16. The topological polar surface area (TPSA) is 24.5 Å². The van der Waals surface area contributed by atoms with Crippen LogP contribution in [0.15, 0.2) is 24.3 Å². The smallest absolute Gasteiger partial charge is 0.387 e. The molecule has 21 heavy (non-hydrogen) atoms. The SMILES string of the molecule is CC(NCC1CCCCN1C)c1cccc(OC(F)F)c1. The number of alkyl halides is 2. The second-order valence-corrected chi connectivity index (χ2v) is 5.71. The van der Waals surface area contributed by atoms with Crippen molar-refractivity contribution < 1.29 is 13.5 Å². The van der Waals surface area contributed by atoms with Crippen LogP contribution in [0.2, 0.25) is 0 Å². The summed E-state index contributed by atoms with van der Waals surface area (Å²) in [4.78, 5) is 2.39. The summed E-state index contributed by atoms with van der Waals surface area (Å²) in [7, 11) is 2.16. The van der Waals surface area contributed by atoms with Crippen LogP contribution in [0.1, 0.15) is 37.8 Å². The summed E-state index contributed by atoms with van der Waals surface area (Å²) in [5.41, 5.74) is 0.964. The lowest BCUT2D eigenvalue weighted by Gasteiger charge is -2.33. The molecule has 0 spiro atoms. The minimum atomic E-state index is -2.78. The molecule has 1 N–H and O–H groups in total. The van der Waals surface area contributed by atoms with E-state index in [0.29, 0.717) is 6.04 Å². The maximum atomic E-state index is 12.2. The molecular formula is C16H24F2N2O. The minimum Gasteiger partial charge on any atom is -0.435 e. The molecule has 0 saturated carbocycles. The Balaban J connectivity index is 1.89. The van der Waals surface area contributed by atoms with Crippen molar-refractivity contribution in [2.75, 3.05) is 20.1 Å². The summed E-state index contributed by atoms with van der Waals surface area (Å²) < 4.78 is 28.9. The van der Waals surface area contributed by atoms with Crippen LogP contribution in [0, 0.1) is 0 Å². The molecule has 1 aromatic carbocycles. The zero-order valence-corrected chi connectivity index (χ0v) is 12.7. The molecule has 1 heterocycles. The third kappa shape index (κ3) is 4.93. The Morgan fingerprint density at radius 2 is 2.19 bits per heavy atom. The third-order valence-electron chi connectivity index (χ3n) is 4.16.